The average Bonchev–Trinajstić information content (AvgIpc) is 2.68. The number of piperidine rings is 1. The Morgan fingerprint density at radius 2 is 2.06 bits per heavy atom. The molecule has 94 valence electrons. The lowest BCUT2D eigenvalue weighted by Gasteiger charge is -2.26. The molecule has 17 heavy (non-hydrogen) atoms. The van der Waals surface area contributed by atoms with E-state index in [-0.39, 0.29) is 0 Å². The SMILES string of the molecule is NC1CCn2c(C3CCNCC3)nc(Br)c2C1. The summed E-state index contributed by atoms with van der Waals surface area (Å²) in [6.07, 6.45) is 4.44. The summed E-state index contributed by atoms with van der Waals surface area (Å²) in [6.45, 7) is 3.27. The molecule has 0 aromatic carbocycles. The fraction of sp³-hybridized carbons (Fsp3) is 0.750. The van der Waals surface area contributed by atoms with Crippen molar-refractivity contribution in [2.24, 2.45) is 5.73 Å². The molecule has 5 heteroatoms. The van der Waals surface area contributed by atoms with Gasteiger partial charge in [-0.05, 0) is 48.3 Å². The summed E-state index contributed by atoms with van der Waals surface area (Å²) in [7, 11) is 0. The molecule has 0 spiro atoms. The highest BCUT2D eigenvalue weighted by Crippen LogP contribution is 2.31. The zero-order valence-corrected chi connectivity index (χ0v) is 11.5. The summed E-state index contributed by atoms with van der Waals surface area (Å²) in [5.41, 5.74) is 7.34. The predicted octanol–water partition coefficient (Wildman–Crippen LogP) is 1.39. The Morgan fingerprint density at radius 3 is 2.82 bits per heavy atom. The molecule has 0 aliphatic carbocycles. The topological polar surface area (TPSA) is 55.9 Å². The van der Waals surface area contributed by atoms with E-state index in [1.54, 1.807) is 0 Å². The molecule has 0 radical (unpaired) electrons. The molecule has 0 bridgehead atoms. The van der Waals surface area contributed by atoms with E-state index in [1.165, 1.54) is 24.4 Å². The summed E-state index contributed by atoms with van der Waals surface area (Å²) >= 11 is 3.59. The van der Waals surface area contributed by atoms with Crippen LogP contribution in [0.3, 0.4) is 0 Å². The fourth-order valence-corrected chi connectivity index (χ4v) is 3.51. The highest BCUT2D eigenvalue weighted by atomic mass is 79.9. The van der Waals surface area contributed by atoms with Gasteiger partial charge >= 0.3 is 0 Å². The monoisotopic (exact) mass is 298 g/mol. The van der Waals surface area contributed by atoms with Gasteiger partial charge in [0.05, 0.1) is 5.69 Å². The van der Waals surface area contributed by atoms with E-state index < -0.39 is 0 Å². The van der Waals surface area contributed by atoms with Crippen LogP contribution in [0.1, 0.15) is 36.7 Å². The van der Waals surface area contributed by atoms with Gasteiger partial charge in [-0.15, -0.1) is 0 Å². The highest BCUT2D eigenvalue weighted by Gasteiger charge is 2.27. The van der Waals surface area contributed by atoms with Crippen molar-refractivity contribution in [3.8, 4) is 0 Å². The smallest absolute Gasteiger partial charge is 0.127 e. The first-order chi connectivity index (χ1) is 8.25. The lowest BCUT2D eigenvalue weighted by Crippen LogP contribution is -2.33. The molecule has 1 saturated heterocycles. The number of imidazole rings is 1. The lowest BCUT2D eigenvalue weighted by atomic mass is 9.96. The molecule has 1 aromatic rings. The van der Waals surface area contributed by atoms with Crippen molar-refractivity contribution in [1.82, 2.24) is 14.9 Å². The van der Waals surface area contributed by atoms with Gasteiger partial charge in [-0.25, -0.2) is 4.98 Å². The fourth-order valence-electron chi connectivity index (χ4n) is 2.96. The second-order valence-corrected chi connectivity index (χ2v) is 5.89. The number of nitrogens with two attached hydrogens (primary N) is 1. The van der Waals surface area contributed by atoms with E-state index in [1.807, 2.05) is 0 Å². The molecular weight excluding hydrogens is 280 g/mol. The van der Waals surface area contributed by atoms with Crippen LogP contribution in [0.25, 0.3) is 0 Å². The van der Waals surface area contributed by atoms with E-state index in [2.05, 4.69) is 25.8 Å². The maximum absolute atomic E-state index is 6.03. The Balaban J connectivity index is 1.92. The molecule has 1 aromatic heterocycles. The van der Waals surface area contributed by atoms with Gasteiger partial charge in [-0.3, -0.25) is 0 Å². The van der Waals surface area contributed by atoms with Crippen LogP contribution in [-0.2, 0) is 13.0 Å². The van der Waals surface area contributed by atoms with Crippen LogP contribution in [0.15, 0.2) is 4.60 Å². The van der Waals surface area contributed by atoms with Gasteiger partial charge in [0.1, 0.15) is 10.4 Å². The Hall–Kier alpha value is -0.390. The number of fused-ring (bicyclic) bond motifs is 1. The van der Waals surface area contributed by atoms with Gasteiger partial charge < -0.3 is 15.6 Å². The van der Waals surface area contributed by atoms with Gasteiger partial charge in [-0.1, -0.05) is 0 Å². The Morgan fingerprint density at radius 1 is 1.29 bits per heavy atom. The normalized spacial score (nSPS) is 25.9. The zero-order chi connectivity index (χ0) is 11.8. The van der Waals surface area contributed by atoms with Crippen molar-refractivity contribution >= 4 is 15.9 Å². The third-order valence-electron chi connectivity index (χ3n) is 3.94. The summed E-state index contributed by atoms with van der Waals surface area (Å²) in [5, 5.41) is 3.41. The van der Waals surface area contributed by atoms with E-state index in [0.29, 0.717) is 12.0 Å². The second-order valence-electron chi connectivity index (χ2n) is 5.14. The number of halogens is 1. The molecule has 1 unspecified atom stereocenters. The first kappa shape index (κ1) is 11.7. The van der Waals surface area contributed by atoms with E-state index in [0.717, 1.165) is 37.1 Å². The maximum atomic E-state index is 6.03. The van der Waals surface area contributed by atoms with Crippen LogP contribution in [0.4, 0.5) is 0 Å². The van der Waals surface area contributed by atoms with Gasteiger partial charge in [0.25, 0.3) is 0 Å². The average molecular weight is 299 g/mol. The Bertz CT molecular complexity index is 409. The van der Waals surface area contributed by atoms with Gasteiger partial charge in [-0.2, -0.15) is 0 Å². The van der Waals surface area contributed by atoms with Gasteiger partial charge in [0.2, 0.25) is 0 Å². The molecule has 2 aliphatic rings. The molecule has 1 atom stereocenters. The van der Waals surface area contributed by atoms with Crippen molar-refractivity contribution in [3.05, 3.63) is 16.1 Å². The molecule has 3 N–H and O–H groups in total. The first-order valence-corrected chi connectivity index (χ1v) is 7.26. The predicted molar refractivity (Wildman–Crippen MR) is 71.1 cm³/mol. The van der Waals surface area contributed by atoms with Gasteiger partial charge in [0.15, 0.2) is 0 Å². The molecular formula is C12H19BrN4. The third-order valence-corrected chi connectivity index (χ3v) is 4.57. The number of hydrogen-bond acceptors (Lipinski definition) is 3. The number of rotatable bonds is 1. The van der Waals surface area contributed by atoms with Crippen LogP contribution in [0, 0.1) is 0 Å². The lowest BCUT2D eigenvalue weighted by molar-refractivity contribution is 0.404. The van der Waals surface area contributed by atoms with Crippen molar-refractivity contribution < 1.29 is 0 Å². The first-order valence-electron chi connectivity index (χ1n) is 6.47. The maximum Gasteiger partial charge on any atom is 0.127 e. The molecule has 3 heterocycles. The van der Waals surface area contributed by atoms with Crippen molar-refractivity contribution in [2.75, 3.05) is 13.1 Å². The summed E-state index contributed by atoms with van der Waals surface area (Å²) < 4.78 is 3.42. The Labute approximate surface area is 110 Å². The van der Waals surface area contributed by atoms with E-state index in [9.17, 15) is 0 Å². The number of hydrogen-bond donors (Lipinski definition) is 2. The van der Waals surface area contributed by atoms with Crippen LogP contribution in [-0.4, -0.2) is 28.7 Å². The van der Waals surface area contributed by atoms with E-state index in [4.69, 9.17) is 10.7 Å². The standard InChI is InChI=1S/C12H19BrN4/c13-11-10-7-9(14)3-6-17(10)12(16-11)8-1-4-15-5-2-8/h8-9,15H,1-7,14H2. The minimum Gasteiger partial charge on any atom is -0.331 e. The minimum atomic E-state index is 0.302. The van der Waals surface area contributed by atoms with Crippen molar-refractivity contribution in [2.45, 2.75) is 44.2 Å². The molecule has 4 nitrogen and oxygen atoms in total. The number of nitrogens with zero attached hydrogens (tertiary/aromatic N) is 2. The molecule has 3 rings (SSSR count). The van der Waals surface area contributed by atoms with Gasteiger partial charge in [0, 0.05) is 24.9 Å². The van der Waals surface area contributed by atoms with Crippen LogP contribution in [0.5, 0.6) is 0 Å². The minimum absolute atomic E-state index is 0.302. The van der Waals surface area contributed by atoms with Crippen molar-refractivity contribution in [1.29, 1.82) is 0 Å². The Kier molecular flexibility index (Phi) is 3.23. The van der Waals surface area contributed by atoms with Crippen LogP contribution >= 0.6 is 15.9 Å². The second kappa shape index (κ2) is 4.71. The summed E-state index contributed by atoms with van der Waals surface area (Å²) in [5.74, 6) is 1.90. The van der Waals surface area contributed by atoms with Crippen molar-refractivity contribution in [3.63, 3.8) is 0 Å². The highest BCUT2D eigenvalue weighted by molar-refractivity contribution is 9.10. The molecule has 0 saturated carbocycles. The molecule has 0 amide bonds. The zero-order valence-electron chi connectivity index (χ0n) is 9.95. The third kappa shape index (κ3) is 2.16. The summed E-state index contributed by atoms with van der Waals surface area (Å²) in [4.78, 5) is 4.75. The largest absolute Gasteiger partial charge is 0.331 e. The van der Waals surface area contributed by atoms with E-state index >= 15 is 0 Å². The van der Waals surface area contributed by atoms with Crippen LogP contribution in [0.2, 0.25) is 0 Å². The van der Waals surface area contributed by atoms with Crippen LogP contribution < -0.4 is 11.1 Å². The summed E-state index contributed by atoms with van der Waals surface area (Å²) in [6, 6.07) is 0.302. The number of aromatic nitrogens is 2. The molecule has 2 aliphatic heterocycles. The molecule has 1 fully saturated rings. The quantitative estimate of drug-likeness (QED) is 0.824. The number of nitrogens with one attached hydrogen (secondary N) is 1.